The van der Waals surface area contributed by atoms with E-state index in [0.717, 1.165) is 5.92 Å². The van der Waals surface area contributed by atoms with Crippen LogP contribution in [-0.2, 0) is 6.42 Å². The van der Waals surface area contributed by atoms with Crippen molar-refractivity contribution in [2.24, 2.45) is 5.92 Å². The molecule has 1 heteroatoms. The lowest BCUT2D eigenvalue weighted by atomic mass is 9.80. The van der Waals surface area contributed by atoms with Crippen LogP contribution in [0.4, 0.5) is 0 Å². The van der Waals surface area contributed by atoms with E-state index in [0.29, 0.717) is 12.1 Å². The molecular weight excluding hydrogens is 206 g/mol. The number of benzene rings is 1. The fraction of sp³-hybridized carbons (Fsp3) is 0.625. The molecule has 0 saturated heterocycles. The minimum Gasteiger partial charge on any atom is -0.307 e. The molecule has 1 aromatic carbocycles. The summed E-state index contributed by atoms with van der Waals surface area (Å²) in [5, 5.41) is 3.86. The van der Waals surface area contributed by atoms with Gasteiger partial charge in [0.25, 0.3) is 0 Å². The fourth-order valence-electron chi connectivity index (χ4n) is 3.29. The number of hydrogen-bond donors (Lipinski definition) is 1. The Bertz CT molecular complexity index is 406. The van der Waals surface area contributed by atoms with Gasteiger partial charge in [0.1, 0.15) is 0 Å². The molecule has 92 valence electrons. The molecule has 1 fully saturated rings. The largest absolute Gasteiger partial charge is 0.307 e. The number of hydrogen-bond acceptors (Lipinski definition) is 1. The summed E-state index contributed by atoms with van der Waals surface area (Å²) in [5.41, 5.74) is 4.53. The van der Waals surface area contributed by atoms with Crippen LogP contribution < -0.4 is 5.32 Å². The lowest BCUT2D eigenvalue weighted by molar-refractivity contribution is 0.226. The number of aryl methyl sites for hydroxylation is 2. The van der Waals surface area contributed by atoms with Gasteiger partial charge in [-0.05, 0) is 56.6 Å². The zero-order valence-corrected chi connectivity index (χ0v) is 11.0. The van der Waals surface area contributed by atoms with E-state index >= 15 is 0 Å². The second-order valence-electron chi connectivity index (χ2n) is 5.94. The summed E-state index contributed by atoms with van der Waals surface area (Å²) in [6, 6.07) is 8.26. The van der Waals surface area contributed by atoms with Crippen LogP contribution in [0.25, 0.3) is 0 Å². The predicted molar refractivity (Wildman–Crippen MR) is 72.2 cm³/mol. The van der Waals surface area contributed by atoms with Gasteiger partial charge in [-0.1, -0.05) is 30.2 Å². The molecule has 2 aliphatic carbocycles. The van der Waals surface area contributed by atoms with Crippen LogP contribution in [0.2, 0.25) is 0 Å². The summed E-state index contributed by atoms with van der Waals surface area (Å²) >= 11 is 0. The maximum atomic E-state index is 3.86. The van der Waals surface area contributed by atoms with Gasteiger partial charge in [0.15, 0.2) is 0 Å². The quantitative estimate of drug-likeness (QED) is 0.832. The molecule has 17 heavy (non-hydrogen) atoms. The molecule has 2 aliphatic rings. The monoisotopic (exact) mass is 229 g/mol. The van der Waals surface area contributed by atoms with Gasteiger partial charge < -0.3 is 5.32 Å². The van der Waals surface area contributed by atoms with E-state index in [4.69, 9.17) is 0 Å². The van der Waals surface area contributed by atoms with Crippen molar-refractivity contribution in [2.75, 3.05) is 0 Å². The van der Waals surface area contributed by atoms with Gasteiger partial charge in [-0.25, -0.2) is 0 Å². The lowest BCUT2D eigenvalue weighted by Gasteiger charge is -2.34. The minimum atomic E-state index is 0.612. The van der Waals surface area contributed by atoms with Crippen LogP contribution in [0.3, 0.4) is 0 Å². The molecule has 2 atom stereocenters. The van der Waals surface area contributed by atoms with Crippen LogP contribution in [0.15, 0.2) is 18.2 Å². The van der Waals surface area contributed by atoms with Gasteiger partial charge >= 0.3 is 0 Å². The SMILES string of the molecule is Cc1ccc2c(c1)C(NC(C)C1CCC1)CC2. The number of nitrogens with one attached hydrogen (secondary N) is 1. The Morgan fingerprint density at radius 2 is 2.06 bits per heavy atom. The second-order valence-corrected chi connectivity index (χ2v) is 5.94. The highest BCUT2D eigenvalue weighted by Gasteiger charge is 2.28. The fourth-order valence-corrected chi connectivity index (χ4v) is 3.29. The summed E-state index contributed by atoms with van der Waals surface area (Å²) in [5.74, 6) is 0.934. The summed E-state index contributed by atoms with van der Waals surface area (Å²) in [4.78, 5) is 0. The molecule has 0 amide bonds. The Kier molecular flexibility index (Phi) is 2.96. The predicted octanol–water partition coefficient (Wildman–Crippen LogP) is 3.76. The van der Waals surface area contributed by atoms with E-state index in [9.17, 15) is 0 Å². The smallest absolute Gasteiger partial charge is 0.0328 e. The molecule has 0 radical (unpaired) electrons. The third-order valence-corrected chi connectivity index (χ3v) is 4.70. The highest BCUT2D eigenvalue weighted by atomic mass is 15.0. The molecular formula is C16H23N. The highest BCUT2D eigenvalue weighted by Crippen LogP contribution is 2.35. The van der Waals surface area contributed by atoms with Gasteiger partial charge in [0.05, 0.1) is 0 Å². The first-order valence-electron chi connectivity index (χ1n) is 7.09. The third-order valence-electron chi connectivity index (χ3n) is 4.70. The molecule has 0 aliphatic heterocycles. The maximum Gasteiger partial charge on any atom is 0.0328 e. The first-order chi connectivity index (χ1) is 8.24. The summed E-state index contributed by atoms with van der Waals surface area (Å²) in [6.07, 6.45) is 6.85. The molecule has 1 N–H and O–H groups in total. The molecule has 0 heterocycles. The normalized spacial score (nSPS) is 25.4. The third kappa shape index (κ3) is 2.13. The highest BCUT2D eigenvalue weighted by molar-refractivity contribution is 5.37. The van der Waals surface area contributed by atoms with E-state index in [-0.39, 0.29) is 0 Å². The van der Waals surface area contributed by atoms with Gasteiger partial charge in [-0.15, -0.1) is 0 Å². The molecule has 1 saturated carbocycles. The molecule has 1 aromatic rings. The summed E-state index contributed by atoms with van der Waals surface area (Å²) in [7, 11) is 0. The van der Waals surface area contributed by atoms with Crippen molar-refractivity contribution in [3.63, 3.8) is 0 Å². The standard InChI is InChI=1S/C16H23N/c1-11-6-7-14-8-9-16(15(14)10-11)17-12(2)13-4-3-5-13/h6-7,10,12-13,16-17H,3-5,8-9H2,1-2H3. The maximum absolute atomic E-state index is 3.86. The first-order valence-corrected chi connectivity index (χ1v) is 7.09. The Hall–Kier alpha value is -0.820. The van der Waals surface area contributed by atoms with Gasteiger partial charge in [0.2, 0.25) is 0 Å². The van der Waals surface area contributed by atoms with E-state index in [2.05, 4.69) is 37.4 Å². The van der Waals surface area contributed by atoms with Crippen molar-refractivity contribution in [3.8, 4) is 0 Å². The molecule has 0 spiro atoms. The lowest BCUT2D eigenvalue weighted by Crippen LogP contribution is -2.38. The van der Waals surface area contributed by atoms with Crippen LogP contribution in [0.1, 0.15) is 55.3 Å². The second kappa shape index (κ2) is 4.45. The average Bonchev–Trinajstić information content (AvgIpc) is 2.58. The molecule has 1 nitrogen and oxygen atoms in total. The Balaban J connectivity index is 1.72. The Labute approximate surface area is 105 Å². The van der Waals surface area contributed by atoms with Crippen molar-refractivity contribution < 1.29 is 0 Å². The molecule has 3 rings (SSSR count). The van der Waals surface area contributed by atoms with Gasteiger partial charge in [0, 0.05) is 12.1 Å². The van der Waals surface area contributed by atoms with E-state index in [1.165, 1.54) is 37.7 Å². The molecule has 2 unspecified atom stereocenters. The van der Waals surface area contributed by atoms with Crippen LogP contribution in [0, 0.1) is 12.8 Å². The van der Waals surface area contributed by atoms with Crippen LogP contribution >= 0.6 is 0 Å². The van der Waals surface area contributed by atoms with Crippen molar-refractivity contribution >= 4 is 0 Å². The van der Waals surface area contributed by atoms with Crippen molar-refractivity contribution in [1.82, 2.24) is 5.32 Å². The van der Waals surface area contributed by atoms with E-state index in [1.54, 1.807) is 11.1 Å². The van der Waals surface area contributed by atoms with Crippen molar-refractivity contribution in [2.45, 2.75) is 58.0 Å². The topological polar surface area (TPSA) is 12.0 Å². The molecule has 0 bridgehead atoms. The van der Waals surface area contributed by atoms with E-state index in [1.807, 2.05) is 0 Å². The van der Waals surface area contributed by atoms with E-state index < -0.39 is 0 Å². The summed E-state index contributed by atoms with van der Waals surface area (Å²) < 4.78 is 0. The van der Waals surface area contributed by atoms with Crippen LogP contribution in [-0.4, -0.2) is 6.04 Å². The van der Waals surface area contributed by atoms with Crippen molar-refractivity contribution in [1.29, 1.82) is 0 Å². The minimum absolute atomic E-state index is 0.612. The van der Waals surface area contributed by atoms with Crippen LogP contribution in [0.5, 0.6) is 0 Å². The van der Waals surface area contributed by atoms with Gasteiger partial charge in [-0.2, -0.15) is 0 Å². The zero-order chi connectivity index (χ0) is 11.8. The van der Waals surface area contributed by atoms with Gasteiger partial charge in [-0.3, -0.25) is 0 Å². The summed E-state index contributed by atoms with van der Waals surface area (Å²) in [6.45, 7) is 4.57. The number of fused-ring (bicyclic) bond motifs is 1. The molecule has 0 aromatic heterocycles. The first kappa shape index (κ1) is 11.3. The van der Waals surface area contributed by atoms with Crippen molar-refractivity contribution in [3.05, 3.63) is 34.9 Å². The average molecular weight is 229 g/mol. The number of rotatable bonds is 3. The Morgan fingerprint density at radius 3 is 2.76 bits per heavy atom. The zero-order valence-electron chi connectivity index (χ0n) is 11.0. The Morgan fingerprint density at radius 1 is 1.24 bits per heavy atom.